The predicted octanol–water partition coefficient (Wildman–Crippen LogP) is 5.27. The fourth-order valence-electron chi connectivity index (χ4n) is 2.98. The number of nitriles is 1. The Morgan fingerprint density at radius 2 is 1.79 bits per heavy atom. The molecule has 0 aliphatic heterocycles. The Morgan fingerprint density at radius 1 is 1.08 bits per heavy atom. The number of rotatable bonds is 4. The van der Waals surface area contributed by atoms with Crippen LogP contribution in [0, 0.1) is 11.3 Å². The molecule has 0 radical (unpaired) electrons. The molecule has 4 heteroatoms. The van der Waals surface area contributed by atoms with Crippen LogP contribution < -0.4 is 4.90 Å². The van der Waals surface area contributed by atoms with Crippen LogP contribution in [0.3, 0.4) is 0 Å². The summed E-state index contributed by atoms with van der Waals surface area (Å²) >= 11 is 6.21. The van der Waals surface area contributed by atoms with Crippen LogP contribution in [0.4, 0.5) is 5.82 Å². The molecule has 0 fully saturated rings. The second-order valence-electron chi connectivity index (χ2n) is 5.50. The van der Waals surface area contributed by atoms with Crippen molar-refractivity contribution in [2.24, 2.45) is 0 Å². The van der Waals surface area contributed by atoms with E-state index in [1.807, 2.05) is 48.5 Å². The maximum atomic E-state index is 9.88. The monoisotopic (exact) mass is 335 g/mol. The second-order valence-corrected chi connectivity index (χ2v) is 5.93. The summed E-state index contributed by atoms with van der Waals surface area (Å²) < 4.78 is 0. The van der Waals surface area contributed by atoms with E-state index in [9.17, 15) is 5.26 Å². The molecule has 0 saturated heterocycles. The summed E-state index contributed by atoms with van der Waals surface area (Å²) in [4.78, 5) is 6.87. The van der Waals surface area contributed by atoms with Crippen molar-refractivity contribution in [1.29, 1.82) is 5.26 Å². The molecule has 0 aliphatic carbocycles. The molecule has 0 aliphatic rings. The first-order valence-corrected chi connectivity index (χ1v) is 8.41. The van der Waals surface area contributed by atoms with E-state index in [0.29, 0.717) is 10.6 Å². The number of benzene rings is 2. The molecule has 1 heterocycles. The second kappa shape index (κ2) is 6.90. The zero-order valence-corrected chi connectivity index (χ0v) is 14.5. The SMILES string of the molecule is CCN(CC)c1nc2ccc(Cl)cc2c(-c2ccccc2)c1C#N. The minimum atomic E-state index is 0.597. The summed E-state index contributed by atoms with van der Waals surface area (Å²) in [5.74, 6) is 0.733. The van der Waals surface area contributed by atoms with Gasteiger partial charge in [-0.25, -0.2) is 4.98 Å². The van der Waals surface area contributed by atoms with Gasteiger partial charge < -0.3 is 4.90 Å². The minimum Gasteiger partial charge on any atom is -0.356 e. The molecule has 2 aromatic carbocycles. The van der Waals surface area contributed by atoms with Crippen molar-refractivity contribution < 1.29 is 0 Å². The van der Waals surface area contributed by atoms with Crippen molar-refractivity contribution >= 4 is 28.3 Å². The van der Waals surface area contributed by atoms with Crippen LogP contribution in [-0.4, -0.2) is 18.1 Å². The highest BCUT2D eigenvalue weighted by Gasteiger charge is 2.19. The molecule has 0 spiro atoms. The normalized spacial score (nSPS) is 10.6. The fourth-order valence-corrected chi connectivity index (χ4v) is 3.16. The van der Waals surface area contributed by atoms with Gasteiger partial charge in [0.15, 0.2) is 0 Å². The van der Waals surface area contributed by atoms with Gasteiger partial charge in [-0.05, 0) is 37.6 Å². The van der Waals surface area contributed by atoms with Crippen LogP contribution >= 0.6 is 11.6 Å². The zero-order chi connectivity index (χ0) is 17.1. The Balaban J connectivity index is 2.45. The molecule has 1 aromatic heterocycles. The third-order valence-electron chi connectivity index (χ3n) is 4.17. The molecular weight excluding hydrogens is 318 g/mol. The van der Waals surface area contributed by atoms with Gasteiger partial charge in [0, 0.05) is 29.1 Å². The number of anilines is 1. The van der Waals surface area contributed by atoms with E-state index < -0.39 is 0 Å². The molecular formula is C20H18ClN3. The van der Waals surface area contributed by atoms with Gasteiger partial charge in [0.05, 0.1) is 5.52 Å². The smallest absolute Gasteiger partial charge is 0.147 e. The minimum absolute atomic E-state index is 0.597. The van der Waals surface area contributed by atoms with Gasteiger partial charge >= 0.3 is 0 Å². The van der Waals surface area contributed by atoms with Crippen molar-refractivity contribution in [3.05, 3.63) is 59.1 Å². The third kappa shape index (κ3) is 2.81. The number of pyridine rings is 1. The lowest BCUT2D eigenvalue weighted by Gasteiger charge is -2.23. The number of aromatic nitrogens is 1. The highest BCUT2D eigenvalue weighted by atomic mass is 35.5. The highest BCUT2D eigenvalue weighted by molar-refractivity contribution is 6.31. The molecule has 0 amide bonds. The van der Waals surface area contributed by atoms with E-state index in [1.165, 1.54) is 0 Å². The topological polar surface area (TPSA) is 39.9 Å². The van der Waals surface area contributed by atoms with Gasteiger partial charge in [-0.3, -0.25) is 0 Å². The van der Waals surface area contributed by atoms with E-state index in [-0.39, 0.29) is 0 Å². The number of halogens is 1. The van der Waals surface area contributed by atoms with Gasteiger partial charge in [0.1, 0.15) is 17.5 Å². The zero-order valence-electron chi connectivity index (χ0n) is 13.8. The molecule has 3 aromatic rings. The summed E-state index contributed by atoms with van der Waals surface area (Å²) in [6, 6.07) is 18.0. The summed E-state index contributed by atoms with van der Waals surface area (Å²) in [5, 5.41) is 11.4. The van der Waals surface area contributed by atoms with Gasteiger partial charge in [-0.2, -0.15) is 5.26 Å². The van der Waals surface area contributed by atoms with E-state index in [4.69, 9.17) is 16.6 Å². The molecule has 120 valence electrons. The van der Waals surface area contributed by atoms with Crippen LogP contribution in [0.2, 0.25) is 5.02 Å². The Labute approximate surface area is 147 Å². The first-order valence-electron chi connectivity index (χ1n) is 8.03. The van der Waals surface area contributed by atoms with Crippen LogP contribution in [0.5, 0.6) is 0 Å². The number of hydrogen-bond acceptors (Lipinski definition) is 3. The van der Waals surface area contributed by atoms with Crippen molar-refractivity contribution in [3.8, 4) is 17.2 Å². The number of fused-ring (bicyclic) bond motifs is 1. The van der Waals surface area contributed by atoms with Gasteiger partial charge in [0.2, 0.25) is 0 Å². The Kier molecular flexibility index (Phi) is 4.69. The molecule has 3 rings (SSSR count). The Hall–Kier alpha value is -2.57. The van der Waals surface area contributed by atoms with Crippen molar-refractivity contribution in [2.75, 3.05) is 18.0 Å². The van der Waals surface area contributed by atoms with E-state index in [2.05, 4.69) is 24.8 Å². The standard InChI is InChI=1S/C20H18ClN3/c1-3-24(4-2)20-17(13-22)19(14-8-6-5-7-9-14)16-12-15(21)10-11-18(16)23-20/h5-12H,3-4H2,1-2H3. The van der Waals surface area contributed by atoms with Gasteiger partial charge in [-0.15, -0.1) is 0 Å². The lowest BCUT2D eigenvalue weighted by Crippen LogP contribution is -2.24. The first-order chi connectivity index (χ1) is 11.7. The summed E-state index contributed by atoms with van der Waals surface area (Å²) in [7, 11) is 0. The largest absolute Gasteiger partial charge is 0.356 e. The van der Waals surface area contributed by atoms with Crippen LogP contribution in [0.15, 0.2) is 48.5 Å². The first kappa shape index (κ1) is 16.3. The van der Waals surface area contributed by atoms with Crippen molar-refractivity contribution in [2.45, 2.75) is 13.8 Å². The van der Waals surface area contributed by atoms with Gasteiger partial charge in [-0.1, -0.05) is 41.9 Å². The maximum absolute atomic E-state index is 9.88. The number of nitrogens with zero attached hydrogens (tertiary/aromatic N) is 3. The highest BCUT2D eigenvalue weighted by Crippen LogP contribution is 2.37. The van der Waals surface area contributed by atoms with Crippen LogP contribution in [0.25, 0.3) is 22.0 Å². The Morgan fingerprint density at radius 3 is 2.42 bits per heavy atom. The van der Waals surface area contributed by atoms with E-state index in [0.717, 1.165) is 40.9 Å². The molecule has 0 bridgehead atoms. The van der Waals surface area contributed by atoms with Crippen molar-refractivity contribution in [3.63, 3.8) is 0 Å². The lowest BCUT2D eigenvalue weighted by atomic mass is 9.96. The molecule has 24 heavy (non-hydrogen) atoms. The van der Waals surface area contributed by atoms with Crippen LogP contribution in [-0.2, 0) is 0 Å². The summed E-state index contributed by atoms with van der Waals surface area (Å²) in [5.41, 5.74) is 3.34. The molecule has 0 N–H and O–H groups in total. The lowest BCUT2D eigenvalue weighted by molar-refractivity contribution is 0.848. The quantitative estimate of drug-likeness (QED) is 0.651. The van der Waals surface area contributed by atoms with Gasteiger partial charge in [0.25, 0.3) is 0 Å². The third-order valence-corrected chi connectivity index (χ3v) is 4.40. The molecule has 3 nitrogen and oxygen atoms in total. The van der Waals surface area contributed by atoms with E-state index in [1.54, 1.807) is 0 Å². The predicted molar refractivity (Wildman–Crippen MR) is 100 cm³/mol. The summed E-state index contributed by atoms with van der Waals surface area (Å²) in [6.07, 6.45) is 0. The fraction of sp³-hybridized carbons (Fsp3) is 0.200. The maximum Gasteiger partial charge on any atom is 0.147 e. The van der Waals surface area contributed by atoms with Crippen LogP contribution in [0.1, 0.15) is 19.4 Å². The molecule has 0 unspecified atom stereocenters. The number of hydrogen-bond donors (Lipinski definition) is 0. The molecule has 0 saturated carbocycles. The molecule has 0 atom stereocenters. The van der Waals surface area contributed by atoms with Crippen molar-refractivity contribution in [1.82, 2.24) is 4.98 Å². The average molecular weight is 336 g/mol. The van der Waals surface area contributed by atoms with E-state index >= 15 is 0 Å². The summed E-state index contributed by atoms with van der Waals surface area (Å²) in [6.45, 7) is 5.73. The Bertz CT molecular complexity index is 910. The average Bonchev–Trinajstić information content (AvgIpc) is 2.62.